The molecule has 0 fully saturated rings. The fraction of sp³-hybridized carbons (Fsp3) is 0.304. The summed E-state index contributed by atoms with van der Waals surface area (Å²) in [7, 11) is 3.25. The molecule has 3 aromatic rings. The Morgan fingerprint density at radius 1 is 1.03 bits per heavy atom. The first-order valence-electron chi connectivity index (χ1n) is 9.61. The maximum Gasteiger partial charge on any atom is 0.161 e. The van der Waals surface area contributed by atoms with Gasteiger partial charge in [-0.3, -0.25) is 4.90 Å². The minimum absolute atomic E-state index is 0.217. The van der Waals surface area contributed by atoms with Gasteiger partial charge in [0.1, 0.15) is 11.6 Å². The van der Waals surface area contributed by atoms with Crippen LogP contribution in [0.3, 0.4) is 0 Å². The molecule has 0 radical (unpaired) electrons. The van der Waals surface area contributed by atoms with E-state index < -0.39 is 0 Å². The molecule has 4 rings (SSSR count). The number of aromatic nitrogens is 2. The third-order valence-electron chi connectivity index (χ3n) is 5.39. The average molecular weight is 393 g/mol. The summed E-state index contributed by atoms with van der Waals surface area (Å²) in [5.74, 6) is 1.86. The summed E-state index contributed by atoms with van der Waals surface area (Å²) < 4.78 is 25.9. The summed E-state index contributed by atoms with van der Waals surface area (Å²) in [5.41, 5.74) is 3.83. The molecule has 0 saturated heterocycles. The van der Waals surface area contributed by atoms with Gasteiger partial charge in [0.05, 0.1) is 20.3 Å². The fourth-order valence-corrected chi connectivity index (χ4v) is 3.96. The summed E-state index contributed by atoms with van der Waals surface area (Å²) in [6.07, 6.45) is 4.52. The van der Waals surface area contributed by atoms with Gasteiger partial charge in [0.25, 0.3) is 0 Å². The van der Waals surface area contributed by atoms with Crippen molar-refractivity contribution in [3.05, 3.63) is 82.7 Å². The maximum atomic E-state index is 14.9. The second-order valence-electron chi connectivity index (χ2n) is 7.19. The van der Waals surface area contributed by atoms with E-state index in [0.717, 1.165) is 35.5 Å². The average Bonchev–Trinajstić information content (AvgIpc) is 2.75. The quantitative estimate of drug-likeness (QED) is 0.653. The lowest BCUT2D eigenvalue weighted by molar-refractivity contribution is 0.199. The van der Waals surface area contributed by atoms with Crippen LogP contribution in [0.25, 0.3) is 0 Å². The number of benzene rings is 2. The van der Waals surface area contributed by atoms with E-state index in [1.165, 1.54) is 6.07 Å². The molecular formula is C23H24FN3O2. The van der Waals surface area contributed by atoms with Crippen molar-refractivity contribution >= 4 is 0 Å². The van der Waals surface area contributed by atoms with Crippen LogP contribution in [0.15, 0.2) is 48.8 Å². The molecule has 1 aliphatic rings. The van der Waals surface area contributed by atoms with Crippen molar-refractivity contribution in [1.29, 1.82) is 0 Å². The molecule has 2 heterocycles. The Labute approximate surface area is 170 Å². The second kappa shape index (κ2) is 8.17. The lowest BCUT2D eigenvalue weighted by Gasteiger charge is -2.38. The first kappa shape index (κ1) is 19.3. The number of halogens is 1. The first-order valence-corrected chi connectivity index (χ1v) is 9.61. The molecule has 0 amide bonds. The van der Waals surface area contributed by atoms with E-state index in [-0.39, 0.29) is 11.9 Å². The molecule has 0 aliphatic carbocycles. The molecule has 1 unspecified atom stereocenters. The van der Waals surface area contributed by atoms with Gasteiger partial charge >= 0.3 is 0 Å². The van der Waals surface area contributed by atoms with Gasteiger partial charge in [-0.05, 0) is 42.7 Å². The number of aryl methyl sites for hydroxylation is 1. The number of hydrogen-bond acceptors (Lipinski definition) is 5. The largest absolute Gasteiger partial charge is 0.493 e. The Balaban J connectivity index is 1.81. The summed E-state index contributed by atoms with van der Waals surface area (Å²) in [6, 6.07) is 10.7. The van der Waals surface area contributed by atoms with Crippen molar-refractivity contribution in [2.24, 2.45) is 0 Å². The lowest BCUT2D eigenvalue weighted by atomic mass is 9.87. The Morgan fingerprint density at radius 2 is 1.72 bits per heavy atom. The SMILES string of the molecule is COc1cc2c(cc1OC)C(c1ccccc1F)N(Cc1cnc(C)nc1)CC2. The van der Waals surface area contributed by atoms with Crippen molar-refractivity contribution in [1.82, 2.24) is 14.9 Å². The predicted octanol–water partition coefficient (Wildman–Crippen LogP) is 4.09. The lowest BCUT2D eigenvalue weighted by Crippen LogP contribution is -2.36. The van der Waals surface area contributed by atoms with E-state index in [2.05, 4.69) is 14.9 Å². The molecule has 0 spiro atoms. The maximum absolute atomic E-state index is 14.9. The molecule has 0 saturated carbocycles. The molecule has 1 atom stereocenters. The highest BCUT2D eigenvalue weighted by molar-refractivity contribution is 5.51. The smallest absolute Gasteiger partial charge is 0.161 e. The molecule has 6 heteroatoms. The van der Waals surface area contributed by atoms with Crippen LogP contribution in [0.2, 0.25) is 0 Å². The third-order valence-corrected chi connectivity index (χ3v) is 5.39. The van der Waals surface area contributed by atoms with E-state index in [0.29, 0.717) is 23.6 Å². The molecule has 1 aromatic heterocycles. The number of ether oxygens (including phenoxy) is 2. The normalized spacial score (nSPS) is 16.3. The van der Waals surface area contributed by atoms with Gasteiger partial charge in [0.2, 0.25) is 0 Å². The summed E-state index contributed by atoms with van der Waals surface area (Å²) in [6.45, 7) is 3.28. The number of rotatable bonds is 5. The van der Waals surface area contributed by atoms with Crippen molar-refractivity contribution in [3.8, 4) is 11.5 Å². The monoisotopic (exact) mass is 393 g/mol. The van der Waals surface area contributed by atoms with E-state index in [1.807, 2.05) is 43.6 Å². The molecule has 150 valence electrons. The van der Waals surface area contributed by atoms with Gasteiger partial charge in [-0.25, -0.2) is 14.4 Å². The zero-order valence-electron chi connectivity index (χ0n) is 16.9. The summed E-state index contributed by atoms with van der Waals surface area (Å²) >= 11 is 0. The van der Waals surface area contributed by atoms with Crippen LogP contribution in [0, 0.1) is 12.7 Å². The van der Waals surface area contributed by atoms with Crippen molar-refractivity contribution < 1.29 is 13.9 Å². The zero-order valence-corrected chi connectivity index (χ0v) is 16.9. The topological polar surface area (TPSA) is 47.5 Å². The highest BCUT2D eigenvalue weighted by Crippen LogP contribution is 2.42. The van der Waals surface area contributed by atoms with Crippen LogP contribution >= 0.6 is 0 Å². The van der Waals surface area contributed by atoms with Crippen LogP contribution in [-0.2, 0) is 13.0 Å². The molecule has 2 aromatic carbocycles. The number of fused-ring (bicyclic) bond motifs is 1. The second-order valence-corrected chi connectivity index (χ2v) is 7.19. The standard InChI is InChI=1S/C23H24FN3O2/c1-15-25-12-16(13-26-15)14-27-9-8-17-10-21(28-2)22(29-3)11-19(17)23(27)18-6-4-5-7-20(18)24/h4-7,10-13,23H,8-9,14H2,1-3H3. The Morgan fingerprint density at radius 3 is 2.41 bits per heavy atom. The molecular weight excluding hydrogens is 369 g/mol. The molecule has 5 nitrogen and oxygen atoms in total. The van der Waals surface area contributed by atoms with Gasteiger partial charge < -0.3 is 9.47 Å². The summed E-state index contributed by atoms with van der Waals surface area (Å²) in [5, 5.41) is 0. The highest BCUT2D eigenvalue weighted by atomic mass is 19.1. The number of methoxy groups -OCH3 is 2. The third kappa shape index (κ3) is 3.80. The summed E-state index contributed by atoms with van der Waals surface area (Å²) in [4.78, 5) is 10.9. The first-order chi connectivity index (χ1) is 14.1. The zero-order chi connectivity index (χ0) is 20.4. The van der Waals surface area contributed by atoms with E-state index >= 15 is 0 Å². The minimum Gasteiger partial charge on any atom is -0.493 e. The van der Waals surface area contributed by atoms with Crippen LogP contribution in [0.4, 0.5) is 4.39 Å². The molecule has 29 heavy (non-hydrogen) atoms. The van der Waals surface area contributed by atoms with Crippen molar-refractivity contribution in [2.45, 2.75) is 25.9 Å². The fourth-order valence-electron chi connectivity index (χ4n) is 3.96. The van der Waals surface area contributed by atoms with E-state index in [1.54, 1.807) is 20.3 Å². The highest BCUT2D eigenvalue weighted by Gasteiger charge is 2.32. The molecule has 0 bridgehead atoms. The van der Waals surface area contributed by atoms with E-state index in [4.69, 9.17) is 9.47 Å². The van der Waals surface area contributed by atoms with Crippen molar-refractivity contribution in [2.75, 3.05) is 20.8 Å². The van der Waals surface area contributed by atoms with Gasteiger partial charge in [-0.15, -0.1) is 0 Å². The van der Waals surface area contributed by atoms with Crippen LogP contribution in [0.5, 0.6) is 11.5 Å². The Hall–Kier alpha value is -2.99. The number of nitrogens with zero attached hydrogens (tertiary/aromatic N) is 3. The van der Waals surface area contributed by atoms with Crippen LogP contribution < -0.4 is 9.47 Å². The number of hydrogen-bond donors (Lipinski definition) is 0. The van der Waals surface area contributed by atoms with Crippen LogP contribution in [0.1, 0.15) is 34.1 Å². The Bertz CT molecular complexity index is 1010. The van der Waals surface area contributed by atoms with Gasteiger partial charge in [0.15, 0.2) is 11.5 Å². The van der Waals surface area contributed by atoms with Gasteiger partial charge in [0, 0.05) is 36.6 Å². The van der Waals surface area contributed by atoms with Gasteiger partial charge in [-0.2, -0.15) is 0 Å². The van der Waals surface area contributed by atoms with Crippen molar-refractivity contribution in [3.63, 3.8) is 0 Å². The van der Waals surface area contributed by atoms with Crippen LogP contribution in [-0.4, -0.2) is 35.6 Å². The Kier molecular flexibility index (Phi) is 5.45. The van der Waals surface area contributed by atoms with E-state index in [9.17, 15) is 4.39 Å². The molecule has 0 N–H and O–H groups in total. The van der Waals surface area contributed by atoms with Gasteiger partial charge in [-0.1, -0.05) is 18.2 Å². The molecule has 1 aliphatic heterocycles. The minimum atomic E-state index is -0.235. The predicted molar refractivity (Wildman–Crippen MR) is 109 cm³/mol.